The van der Waals surface area contributed by atoms with E-state index in [4.69, 9.17) is 14.0 Å². The number of carbonyl (C=O) groups is 2. The molecule has 1 aliphatic rings. The van der Waals surface area contributed by atoms with Gasteiger partial charge in [-0.1, -0.05) is 31.1 Å². The average Bonchev–Trinajstić information content (AvgIpc) is 3.65. The Morgan fingerprint density at radius 3 is 2.73 bits per heavy atom. The molecule has 10 nitrogen and oxygen atoms in total. The van der Waals surface area contributed by atoms with E-state index >= 15 is 0 Å². The van der Waals surface area contributed by atoms with Gasteiger partial charge < -0.3 is 29.3 Å². The number of thiazole rings is 1. The van der Waals surface area contributed by atoms with Crippen LogP contribution in [-0.2, 0) is 20.9 Å². The van der Waals surface area contributed by atoms with Crippen LogP contribution in [0, 0.1) is 26.7 Å². The lowest BCUT2D eigenvalue weighted by molar-refractivity contribution is -0.141. The Morgan fingerprint density at radius 2 is 2.08 bits per heavy atom. The zero-order valence-electron chi connectivity index (χ0n) is 23.4. The number of nitrogens with one attached hydrogen (secondary N) is 1. The Morgan fingerprint density at radius 1 is 1.27 bits per heavy atom. The first kappa shape index (κ1) is 29.7. The maximum Gasteiger partial charge on any atom is 0.243 e. The number of amides is 2. The first-order chi connectivity index (χ1) is 19.2. The number of hydrogen-bond donors (Lipinski definition) is 2. The normalized spacial score (nSPS) is 17.8. The molecule has 1 aliphatic heterocycles. The highest BCUT2D eigenvalue weighted by Crippen LogP contribution is 2.33. The standard InChI is InChI=1S/C29H37N4O6S/c1-6-37-9-10-38-24-12-20(27-19(5)31-16-40-27)7-8-21(24)14-30-28(35)23-13-22(34)15-33(23)29(36)26(17(2)3)25-11-18(4)32-39-25/h7-8,11-12,16-17,22-23,26,34H,1,6,9-10,13-15H2,2-5H3,(H,30,35)/t22-,23+,26-/m1/s1. The van der Waals surface area contributed by atoms with Crippen molar-refractivity contribution in [3.8, 4) is 16.2 Å². The first-order valence-corrected chi connectivity index (χ1v) is 14.3. The second-order valence-corrected chi connectivity index (χ2v) is 11.1. The Kier molecular flexibility index (Phi) is 9.94. The summed E-state index contributed by atoms with van der Waals surface area (Å²) in [5.41, 5.74) is 5.17. The van der Waals surface area contributed by atoms with Crippen LogP contribution in [0.2, 0.25) is 0 Å². The van der Waals surface area contributed by atoms with Crippen molar-refractivity contribution >= 4 is 23.2 Å². The number of carbonyl (C=O) groups excluding carboxylic acids is 2. The van der Waals surface area contributed by atoms with Crippen LogP contribution < -0.4 is 10.1 Å². The number of likely N-dealkylation sites (tertiary alicyclic amines) is 1. The quantitative estimate of drug-likeness (QED) is 0.317. The maximum atomic E-state index is 13.6. The van der Waals surface area contributed by atoms with E-state index in [9.17, 15) is 14.7 Å². The van der Waals surface area contributed by atoms with E-state index in [0.29, 0.717) is 37.0 Å². The highest BCUT2D eigenvalue weighted by Gasteiger charge is 2.43. The molecule has 3 atom stereocenters. The third-order valence-corrected chi connectivity index (χ3v) is 7.89. The number of aryl methyl sites for hydroxylation is 2. The average molecular weight is 570 g/mol. The largest absolute Gasteiger partial charge is 0.491 e. The molecule has 0 aliphatic carbocycles. The van der Waals surface area contributed by atoms with Crippen LogP contribution in [0.25, 0.3) is 10.4 Å². The van der Waals surface area contributed by atoms with Gasteiger partial charge in [0.15, 0.2) is 0 Å². The summed E-state index contributed by atoms with van der Waals surface area (Å²) in [5.74, 6) is -0.215. The van der Waals surface area contributed by atoms with E-state index in [1.54, 1.807) is 29.8 Å². The summed E-state index contributed by atoms with van der Waals surface area (Å²) < 4.78 is 16.7. The highest BCUT2D eigenvalue weighted by molar-refractivity contribution is 7.13. The topological polar surface area (TPSA) is 127 Å². The van der Waals surface area contributed by atoms with Gasteiger partial charge in [0, 0.05) is 37.7 Å². The molecule has 3 aromatic rings. The summed E-state index contributed by atoms with van der Waals surface area (Å²) in [5, 5.41) is 17.3. The lowest BCUT2D eigenvalue weighted by Gasteiger charge is -2.28. The molecule has 215 valence electrons. The van der Waals surface area contributed by atoms with Crippen molar-refractivity contribution in [1.29, 1.82) is 0 Å². The van der Waals surface area contributed by atoms with Gasteiger partial charge in [0.1, 0.15) is 30.1 Å². The molecule has 2 aromatic heterocycles. The lowest BCUT2D eigenvalue weighted by Crippen LogP contribution is -2.48. The van der Waals surface area contributed by atoms with Crippen LogP contribution in [0.1, 0.15) is 48.9 Å². The number of aromatic nitrogens is 2. The van der Waals surface area contributed by atoms with Crippen LogP contribution in [-0.4, -0.2) is 70.5 Å². The van der Waals surface area contributed by atoms with Gasteiger partial charge in [-0.15, -0.1) is 11.3 Å². The van der Waals surface area contributed by atoms with Crippen molar-refractivity contribution in [2.75, 3.05) is 26.4 Å². The molecule has 11 heteroatoms. The third-order valence-electron chi connectivity index (χ3n) is 6.91. The zero-order valence-corrected chi connectivity index (χ0v) is 24.2. The van der Waals surface area contributed by atoms with Crippen LogP contribution in [0.15, 0.2) is 34.3 Å². The Balaban J connectivity index is 1.49. The van der Waals surface area contributed by atoms with E-state index in [1.165, 1.54) is 4.90 Å². The summed E-state index contributed by atoms with van der Waals surface area (Å²) in [6.45, 7) is 12.6. The Bertz CT molecular complexity index is 1310. The molecule has 2 N–H and O–H groups in total. The third kappa shape index (κ3) is 6.89. The first-order valence-electron chi connectivity index (χ1n) is 13.4. The monoisotopic (exact) mass is 569 g/mol. The summed E-state index contributed by atoms with van der Waals surface area (Å²) in [6.07, 6.45) is -0.634. The van der Waals surface area contributed by atoms with Crippen molar-refractivity contribution in [2.45, 2.75) is 58.7 Å². The van der Waals surface area contributed by atoms with Gasteiger partial charge in [0.05, 0.1) is 34.5 Å². The molecule has 1 aromatic carbocycles. The lowest BCUT2D eigenvalue weighted by atomic mass is 9.91. The van der Waals surface area contributed by atoms with Gasteiger partial charge in [-0.2, -0.15) is 0 Å². The minimum atomic E-state index is -0.804. The van der Waals surface area contributed by atoms with Gasteiger partial charge >= 0.3 is 0 Å². The van der Waals surface area contributed by atoms with Crippen LogP contribution in [0.3, 0.4) is 0 Å². The van der Waals surface area contributed by atoms with E-state index in [-0.39, 0.29) is 37.2 Å². The van der Waals surface area contributed by atoms with Crippen molar-refractivity contribution in [3.05, 3.63) is 59.4 Å². The second-order valence-electron chi connectivity index (χ2n) is 10.3. The van der Waals surface area contributed by atoms with Crippen molar-refractivity contribution in [2.24, 2.45) is 5.92 Å². The zero-order chi connectivity index (χ0) is 28.8. The molecule has 3 heterocycles. The van der Waals surface area contributed by atoms with E-state index < -0.39 is 18.1 Å². The van der Waals surface area contributed by atoms with Gasteiger partial charge in [-0.25, -0.2) is 4.98 Å². The SMILES string of the molecule is [CH2]COCCOc1cc(-c2scnc2C)ccc1CNC(=O)[C@@H]1C[C@@H](O)CN1C(=O)[C@@H](c1cc(C)no1)C(C)C. The molecule has 0 saturated carbocycles. The predicted molar refractivity (Wildman–Crippen MR) is 151 cm³/mol. The van der Waals surface area contributed by atoms with Crippen molar-refractivity contribution in [1.82, 2.24) is 20.4 Å². The number of aliphatic hydroxyl groups is 1. The number of benzene rings is 1. The molecular formula is C29H37N4O6S. The fourth-order valence-corrected chi connectivity index (χ4v) is 5.72. The number of nitrogens with zero attached hydrogens (tertiary/aromatic N) is 3. The molecule has 40 heavy (non-hydrogen) atoms. The Hall–Kier alpha value is -3.28. The minimum absolute atomic E-state index is 0.0802. The summed E-state index contributed by atoms with van der Waals surface area (Å²) >= 11 is 1.55. The molecule has 0 spiro atoms. The number of rotatable bonds is 12. The fourth-order valence-electron chi connectivity index (χ4n) is 4.92. The van der Waals surface area contributed by atoms with Crippen LogP contribution >= 0.6 is 11.3 Å². The fraction of sp³-hybridized carbons (Fsp3) is 0.483. The summed E-state index contributed by atoms with van der Waals surface area (Å²) in [7, 11) is 0. The highest BCUT2D eigenvalue weighted by atomic mass is 32.1. The smallest absolute Gasteiger partial charge is 0.243 e. The van der Waals surface area contributed by atoms with E-state index in [1.807, 2.05) is 39.0 Å². The number of β-amino-alcohol motifs (C(OH)–C–C–N with tert-alkyl or cyclic N) is 1. The van der Waals surface area contributed by atoms with E-state index in [0.717, 1.165) is 21.7 Å². The number of hydrogen-bond acceptors (Lipinski definition) is 9. The molecular weight excluding hydrogens is 532 g/mol. The Labute approximate surface area is 238 Å². The van der Waals surface area contributed by atoms with Crippen LogP contribution in [0.4, 0.5) is 0 Å². The van der Waals surface area contributed by atoms with Crippen molar-refractivity contribution in [3.63, 3.8) is 0 Å². The molecule has 0 bridgehead atoms. The second kappa shape index (κ2) is 13.4. The van der Waals surface area contributed by atoms with Gasteiger partial charge in [-0.3, -0.25) is 9.59 Å². The minimum Gasteiger partial charge on any atom is -0.491 e. The number of aliphatic hydroxyl groups excluding tert-OH is 1. The summed E-state index contributed by atoms with van der Waals surface area (Å²) in [6, 6.07) is 6.77. The maximum absolute atomic E-state index is 13.6. The van der Waals surface area contributed by atoms with Gasteiger partial charge in [0.2, 0.25) is 11.8 Å². The molecule has 1 radical (unpaired) electrons. The molecule has 1 fully saturated rings. The molecule has 4 rings (SSSR count). The molecule has 1 saturated heterocycles. The van der Waals surface area contributed by atoms with Gasteiger partial charge in [0.25, 0.3) is 0 Å². The van der Waals surface area contributed by atoms with E-state index in [2.05, 4.69) is 22.4 Å². The number of ether oxygens (including phenoxy) is 2. The molecule has 2 amide bonds. The van der Waals surface area contributed by atoms with Crippen molar-refractivity contribution < 1.29 is 28.7 Å². The molecule has 0 unspecified atom stereocenters. The summed E-state index contributed by atoms with van der Waals surface area (Å²) in [4.78, 5) is 33.9. The van der Waals surface area contributed by atoms with Crippen LogP contribution in [0.5, 0.6) is 5.75 Å². The predicted octanol–water partition coefficient (Wildman–Crippen LogP) is 3.66. The van der Waals surface area contributed by atoms with Gasteiger partial charge in [-0.05, 0) is 38.3 Å².